The summed E-state index contributed by atoms with van der Waals surface area (Å²) < 4.78 is 28.5. The summed E-state index contributed by atoms with van der Waals surface area (Å²) in [5.41, 5.74) is -0.811. The predicted molar refractivity (Wildman–Crippen MR) is 114 cm³/mol. The predicted octanol–water partition coefficient (Wildman–Crippen LogP) is 2.01. The molecule has 1 heterocycles. The van der Waals surface area contributed by atoms with E-state index in [0.29, 0.717) is 5.69 Å². The van der Waals surface area contributed by atoms with Gasteiger partial charge in [-0.15, -0.1) is 0 Å². The second-order valence-electron chi connectivity index (χ2n) is 6.67. The van der Waals surface area contributed by atoms with E-state index in [1.165, 1.54) is 23.9 Å². The third-order valence-corrected chi connectivity index (χ3v) is 6.06. The van der Waals surface area contributed by atoms with Crippen molar-refractivity contribution in [1.29, 1.82) is 0 Å². The molecule has 1 N–H and O–H groups in total. The molecule has 0 spiro atoms. The molecule has 0 unspecified atom stereocenters. The van der Waals surface area contributed by atoms with Gasteiger partial charge in [-0.25, -0.2) is 18.1 Å². The highest BCUT2D eigenvalue weighted by Gasteiger charge is 2.27. The van der Waals surface area contributed by atoms with Crippen LogP contribution in [0.4, 0.5) is 11.4 Å². The van der Waals surface area contributed by atoms with Crippen molar-refractivity contribution in [3.8, 4) is 11.3 Å². The number of hydrogen-bond donors (Lipinski definition) is 1. The summed E-state index contributed by atoms with van der Waals surface area (Å²) in [5.74, 6) is 0. The van der Waals surface area contributed by atoms with Crippen LogP contribution in [0.3, 0.4) is 0 Å². The van der Waals surface area contributed by atoms with Crippen molar-refractivity contribution >= 4 is 21.4 Å². The molecule has 0 aliphatic rings. The standard InChI is InChI=1S/C19H17N5O7S/c1-13-17(23(26)27)9-15(10-18(13)24(28)29)32(30,31)21-7-8-22-12-20-16(11-19(22)25)14-5-3-2-4-6-14/h2-6,9-12,21H,7-8H2,1H3. The zero-order chi connectivity index (χ0) is 23.5. The summed E-state index contributed by atoms with van der Waals surface area (Å²) in [6, 6.07) is 11.8. The lowest BCUT2D eigenvalue weighted by atomic mass is 10.1. The van der Waals surface area contributed by atoms with Crippen molar-refractivity contribution in [2.45, 2.75) is 18.4 Å². The Balaban J connectivity index is 1.78. The van der Waals surface area contributed by atoms with E-state index in [-0.39, 0.29) is 18.7 Å². The van der Waals surface area contributed by atoms with Crippen molar-refractivity contribution in [2.24, 2.45) is 0 Å². The Morgan fingerprint density at radius 3 is 2.16 bits per heavy atom. The molecule has 13 heteroatoms. The van der Waals surface area contributed by atoms with Crippen molar-refractivity contribution in [2.75, 3.05) is 6.54 Å². The number of nitrogens with one attached hydrogen (secondary N) is 1. The number of hydrogen-bond acceptors (Lipinski definition) is 8. The van der Waals surface area contributed by atoms with Gasteiger partial charge in [-0.3, -0.25) is 29.6 Å². The van der Waals surface area contributed by atoms with E-state index in [2.05, 4.69) is 9.71 Å². The Morgan fingerprint density at radius 1 is 1.03 bits per heavy atom. The van der Waals surface area contributed by atoms with Crippen LogP contribution in [-0.4, -0.2) is 34.4 Å². The van der Waals surface area contributed by atoms with Crippen LogP contribution in [0, 0.1) is 27.2 Å². The molecule has 12 nitrogen and oxygen atoms in total. The highest BCUT2D eigenvalue weighted by Crippen LogP contribution is 2.31. The Labute approximate surface area is 181 Å². The molecule has 32 heavy (non-hydrogen) atoms. The topological polar surface area (TPSA) is 167 Å². The van der Waals surface area contributed by atoms with E-state index in [9.17, 15) is 33.4 Å². The van der Waals surface area contributed by atoms with E-state index in [4.69, 9.17) is 0 Å². The van der Waals surface area contributed by atoms with Crippen molar-refractivity contribution in [3.63, 3.8) is 0 Å². The molecule has 0 atom stereocenters. The first-order valence-corrected chi connectivity index (χ1v) is 10.6. The van der Waals surface area contributed by atoms with Crippen LogP contribution in [0.25, 0.3) is 11.3 Å². The molecular weight excluding hydrogens is 442 g/mol. The molecule has 0 bridgehead atoms. The van der Waals surface area contributed by atoms with Gasteiger partial charge in [-0.1, -0.05) is 30.3 Å². The van der Waals surface area contributed by atoms with Crippen LogP contribution in [-0.2, 0) is 16.6 Å². The van der Waals surface area contributed by atoms with Gasteiger partial charge in [0, 0.05) is 36.9 Å². The van der Waals surface area contributed by atoms with Gasteiger partial charge >= 0.3 is 0 Å². The number of nitrogens with zero attached hydrogens (tertiary/aromatic N) is 4. The van der Waals surface area contributed by atoms with Crippen molar-refractivity contribution in [3.05, 3.63) is 91.0 Å². The number of rotatable bonds is 8. The van der Waals surface area contributed by atoms with Gasteiger partial charge in [-0.05, 0) is 6.92 Å². The Bertz CT molecular complexity index is 1320. The first-order valence-electron chi connectivity index (χ1n) is 9.15. The summed E-state index contributed by atoms with van der Waals surface area (Å²) in [4.78, 5) is 36.4. The molecule has 3 rings (SSSR count). The number of aromatic nitrogens is 2. The molecule has 0 amide bonds. The summed E-state index contributed by atoms with van der Waals surface area (Å²) in [7, 11) is -4.32. The molecule has 3 aromatic rings. The summed E-state index contributed by atoms with van der Waals surface area (Å²) in [5, 5.41) is 22.3. The van der Waals surface area contributed by atoms with Gasteiger partial charge in [0.2, 0.25) is 10.0 Å². The normalized spacial score (nSPS) is 11.3. The van der Waals surface area contributed by atoms with E-state index >= 15 is 0 Å². The zero-order valence-electron chi connectivity index (χ0n) is 16.7. The average molecular weight is 459 g/mol. The van der Waals surface area contributed by atoms with Crippen molar-refractivity contribution in [1.82, 2.24) is 14.3 Å². The van der Waals surface area contributed by atoms with Gasteiger partial charge in [0.1, 0.15) is 5.56 Å². The van der Waals surface area contributed by atoms with Crippen LogP contribution < -0.4 is 10.3 Å². The van der Waals surface area contributed by atoms with Gasteiger partial charge in [0.25, 0.3) is 16.9 Å². The molecule has 0 aliphatic carbocycles. The number of nitro benzene ring substituents is 2. The molecule has 0 saturated heterocycles. The van der Waals surface area contributed by atoms with Crippen molar-refractivity contribution < 1.29 is 18.3 Å². The minimum absolute atomic E-state index is 0.0732. The lowest BCUT2D eigenvalue weighted by molar-refractivity contribution is -0.395. The van der Waals surface area contributed by atoms with Crippen LogP contribution in [0.15, 0.2) is 64.5 Å². The monoisotopic (exact) mass is 459 g/mol. The van der Waals surface area contributed by atoms with Crippen LogP contribution in [0.2, 0.25) is 0 Å². The fourth-order valence-electron chi connectivity index (χ4n) is 2.94. The second kappa shape index (κ2) is 9.03. The fourth-order valence-corrected chi connectivity index (χ4v) is 4.00. The first-order chi connectivity index (χ1) is 15.1. The van der Waals surface area contributed by atoms with E-state index in [1.54, 1.807) is 24.3 Å². The van der Waals surface area contributed by atoms with Crippen LogP contribution in [0.5, 0.6) is 0 Å². The maximum Gasteiger partial charge on any atom is 0.280 e. The largest absolute Gasteiger partial charge is 0.298 e. The smallest absolute Gasteiger partial charge is 0.280 e. The van der Waals surface area contributed by atoms with Gasteiger partial charge in [-0.2, -0.15) is 0 Å². The molecule has 0 radical (unpaired) electrons. The molecule has 0 aliphatic heterocycles. The van der Waals surface area contributed by atoms with Gasteiger partial charge in [0.05, 0.1) is 26.8 Å². The molecule has 0 saturated carbocycles. The first kappa shape index (κ1) is 22.7. The number of benzene rings is 2. The van der Waals surface area contributed by atoms with Crippen LogP contribution >= 0.6 is 0 Å². The second-order valence-corrected chi connectivity index (χ2v) is 8.44. The van der Waals surface area contributed by atoms with E-state index < -0.39 is 41.7 Å². The summed E-state index contributed by atoms with van der Waals surface area (Å²) in [6.45, 7) is 0.846. The van der Waals surface area contributed by atoms with E-state index in [0.717, 1.165) is 17.7 Å². The third kappa shape index (κ3) is 4.84. The molecule has 0 fully saturated rings. The van der Waals surface area contributed by atoms with E-state index in [1.807, 2.05) is 6.07 Å². The Kier molecular flexibility index (Phi) is 6.41. The maximum atomic E-state index is 12.5. The average Bonchev–Trinajstić information content (AvgIpc) is 2.75. The molecule has 1 aromatic heterocycles. The number of sulfonamides is 1. The third-order valence-electron chi connectivity index (χ3n) is 4.62. The Hall–Kier alpha value is -3.97. The quantitative estimate of drug-likeness (QED) is 0.394. The highest BCUT2D eigenvalue weighted by molar-refractivity contribution is 7.89. The highest BCUT2D eigenvalue weighted by atomic mass is 32.2. The molecule has 2 aromatic carbocycles. The Morgan fingerprint density at radius 2 is 1.62 bits per heavy atom. The lowest BCUT2D eigenvalue weighted by Crippen LogP contribution is -2.31. The van der Waals surface area contributed by atoms with Crippen LogP contribution in [0.1, 0.15) is 5.56 Å². The van der Waals surface area contributed by atoms with Gasteiger partial charge in [0.15, 0.2) is 0 Å². The zero-order valence-corrected chi connectivity index (χ0v) is 17.5. The maximum absolute atomic E-state index is 12.5. The molecular formula is C19H17N5O7S. The summed E-state index contributed by atoms with van der Waals surface area (Å²) >= 11 is 0. The summed E-state index contributed by atoms with van der Waals surface area (Å²) in [6.07, 6.45) is 1.28. The number of nitro groups is 2. The molecule has 166 valence electrons. The minimum atomic E-state index is -4.32. The minimum Gasteiger partial charge on any atom is -0.298 e. The fraction of sp³-hybridized carbons (Fsp3) is 0.158. The lowest BCUT2D eigenvalue weighted by Gasteiger charge is -2.10. The van der Waals surface area contributed by atoms with Gasteiger partial charge < -0.3 is 0 Å². The SMILES string of the molecule is Cc1c([N+](=O)[O-])cc(S(=O)(=O)NCCn2cnc(-c3ccccc3)cc2=O)cc1[N+](=O)[O-].